The lowest BCUT2D eigenvalue weighted by atomic mass is 10.1. The summed E-state index contributed by atoms with van der Waals surface area (Å²) in [6.07, 6.45) is 0. The molecule has 12 heavy (non-hydrogen) atoms. The van der Waals surface area contributed by atoms with E-state index >= 15 is 0 Å². The smallest absolute Gasteiger partial charge is 0.219 e. The van der Waals surface area contributed by atoms with Crippen LogP contribution in [0.2, 0.25) is 5.15 Å². The van der Waals surface area contributed by atoms with Crippen molar-refractivity contribution < 1.29 is 4.74 Å². The van der Waals surface area contributed by atoms with E-state index in [1.807, 2.05) is 13.0 Å². The molecule has 3 nitrogen and oxygen atoms in total. The molecule has 1 unspecified atom stereocenters. The zero-order valence-electron chi connectivity index (χ0n) is 7.04. The first-order valence-electron chi connectivity index (χ1n) is 3.61. The lowest BCUT2D eigenvalue weighted by Gasteiger charge is -2.09. The highest BCUT2D eigenvalue weighted by Crippen LogP contribution is 2.22. The third-order valence-electron chi connectivity index (χ3n) is 1.54. The molecule has 0 saturated carbocycles. The van der Waals surface area contributed by atoms with Crippen molar-refractivity contribution in [2.75, 3.05) is 7.11 Å². The molecule has 0 aliphatic carbocycles. The van der Waals surface area contributed by atoms with Gasteiger partial charge in [-0.3, -0.25) is 0 Å². The molecule has 1 heterocycles. The van der Waals surface area contributed by atoms with Gasteiger partial charge in [0.25, 0.3) is 0 Å². The first kappa shape index (κ1) is 9.29. The first-order valence-corrected chi connectivity index (χ1v) is 3.99. The van der Waals surface area contributed by atoms with Gasteiger partial charge in [0.05, 0.1) is 7.11 Å². The number of hydrogen-bond acceptors (Lipinski definition) is 3. The van der Waals surface area contributed by atoms with Crippen LogP contribution in [0.3, 0.4) is 0 Å². The van der Waals surface area contributed by atoms with Crippen molar-refractivity contribution in [3.05, 3.63) is 22.8 Å². The Hall–Kier alpha value is -0.800. The summed E-state index contributed by atoms with van der Waals surface area (Å²) in [5, 5.41) is 0.413. The minimum Gasteiger partial charge on any atom is -0.481 e. The van der Waals surface area contributed by atoms with Crippen LogP contribution < -0.4 is 10.5 Å². The Bertz CT molecular complexity index is 276. The number of nitrogens with two attached hydrogens (primary N) is 1. The second-order valence-electron chi connectivity index (χ2n) is 2.52. The van der Waals surface area contributed by atoms with Gasteiger partial charge in [0.1, 0.15) is 5.15 Å². The van der Waals surface area contributed by atoms with Crippen molar-refractivity contribution in [3.63, 3.8) is 0 Å². The average molecular weight is 187 g/mol. The molecule has 0 aromatic carbocycles. The van der Waals surface area contributed by atoms with Gasteiger partial charge < -0.3 is 10.5 Å². The number of rotatable bonds is 2. The molecular formula is C8H11ClN2O. The molecule has 1 rings (SSSR count). The highest BCUT2D eigenvalue weighted by molar-refractivity contribution is 6.29. The number of pyridine rings is 1. The van der Waals surface area contributed by atoms with Gasteiger partial charge in [0.2, 0.25) is 5.88 Å². The standard InChI is InChI=1S/C8H11ClN2O/c1-5(10)6-3-4-7(9)11-8(6)12-2/h3-5H,10H2,1-2H3. The number of halogens is 1. The Balaban J connectivity index is 3.11. The topological polar surface area (TPSA) is 48.1 Å². The summed E-state index contributed by atoms with van der Waals surface area (Å²) in [5.41, 5.74) is 6.54. The molecule has 66 valence electrons. The molecule has 0 fully saturated rings. The van der Waals surface area contributed by atoms with E-state index in [0.29, 0.717) is 11.0 Å². The predicted molar refractivity (Wildman–Crippen MR) is 48.4 cm³/mol. The molecule has 0 radical (unpaired) electrons. The molecule has 0 aliphatic rings. The van der Waals surface area contributed by atoms with Crippen LogP contribution in [0.25, 0.3) is 0 Å². The fourth-order valence-electron chi connectivity index (χ4n) is 0.939. The zero-order chi connectivity index (χ0) is 9.14. The molecule has 1 atom stereocenters. The Kier molecular flexibility index (Phi) is 2.89. The lowest BCUT2D eigenvalue weighted by molar-refractivity contribution is 0.390. The van der Waals surface area contributed by atoms with E-state index in [-0.39, 0.29) is 6.04 Å². The summed E-state index contributed by atoms with van der Waals surface area (Å²) in [7, 11) is 1.55. The van der Waals surface area contributed by atoms with Gasteiger partial charge in [-0.25, -0.2) is 4.98 Å². The fraction of sp³-hybridized carbons (Fsp3) is 0.375. The molecule has 0 amide bonds. The van der Waals surface area contributed by atoms with Gasteiger partial charge in [-0.05, 0) is 19.1 Å². The lowest BCUT2D eigenvalue weighted by Crippen LogP contribution is -2.07. The molecule has 0 aliphatic heterocycles. The van der Waals surface area contributed by atoms with Gasteiger partial charge in [0.15, 0.2) is 0 Å². The van der Waals surface area contributed by atoms with Crippen molar-refractivity contribution in [1.29, 1.82) is 0 Å². The van der Waals surface area contributed by atoms with Crippen LogP contribution in [0.5, 0.6) is 5.88 Å². The molecule has 2 N–H and O–H groups in total. The van der Waals surface area contributed by atoms with Gasteiger partial charge in [-0.1, -0.05) is 11.6 Å². The van der Waals surface area contributed by atoms with Crippen molar-refractivity contribution >= 4 is 11.6 Å². The van der Waals surface area contributed by atoms with Gasteiger partial charge >= 0.3 is 0 Å². The molecule has 0 saturated heterocycles. The zero-order valence-corrected chi connectivity index (χ0v) is 7.80. The highest BCUT2D eigenvalue weighted by Gasteiger charge is 2.08. The Labute approximate surface area is 76.5 Å². The van der Waals surface area contributed by atoms with Crippen LogP contribution in [-0.2, 0) is 0 Å². The summed E-state index contributed by atoms with van der Waals surface area (Å²) in [6, 6.07) is 3.42. The van der Waals surface area contributed by atoms with E-state index in [9.17, 15) is 0 Å². The van der Waals surface area contributed by atoms with E-state index in [1.165, 1.54) is 0 Å². The maximum absolute atomic E-state index is 5.68. The summed E-state index contributed by atoms with van der Waals surface area (Å²) < 4.78 is 5.01. The number of hydrogen-bond donors (Lipinski definition) is 1. The normalized spacial score (nSPS) is 12.7. The summed E-state index contributed by atoms with van der Waals surface area (Å²) >= 11 is 5.67. The second-order valence-corrected chi connectivity index (χ2v) is 2.91. The monoisotopic (exact) mass is 186 g/mol. The largest absolute Gasteiger partial charge is 0.481 e. The quantitative estimate of drug-likeness (QED) is 0.717. The number of nitrogens with zero attached hydrogens (tertiary/aromatic N) is 1. The van der Waals surface area contributed by atoms with Gasteiger partial charge in [-0.2, -0.15) is 0 Å². The van der Waals surface area contributed by atoms with Gasteiger partial charge in [0, 0.05) is 11.6 Å². The van der Waals surface area contributed by atoms with E-state index in [0.717, 1.165) is 5.56 Å². The third kappa shape index (κ3) is 1.87. The van der Waals surface area contributed by atoms with Gasteiger partial charge in [-0.15, -0.1) is 0 Å². The molecule has 0 bridgehead atoms. The number of ether oxygens (including phenoxy) is 1. The van der Waals surface area contributed by atoms with E-state index in [4.69, 9.17) is 22.1 Å². The summed E-state index contributed by atoms with van der Waals surface area (Å²) in [4.78, 5) is 3.98. The van der Waals surface area contributed by atoms with Crippen LogP contribution in [-0.4, -0.2) is 12.1 Å². The maximum Gasteiger partial charge on any atom is 0.219 e. The van der Waals surface area contributed by atoms with Crippen molar-refractivity contribution in [3.8, 4) is 5.88 Å². The Morgan fingerprint density at radius 1 is 1.58 bits per heavy atom. The third-order valence-corrected chi connectivity index (χ3v) is 1.75. The van der Waals surface area contributed by atoms with Crippen LogP contribution in [0, 0.1) is 0 Å². The minimum atomic E-state index is -0.0929. The minimum absolute atomic E-state index is 0.0929. The van der Waals surface area contributed by atoms with Crippen LogP contribution >= 0.6 is 11.6 Å². The molecule has 0 spiro atoms. The molecule has 1 aromatic rings. The maximum atomic E-state index is 5.68. The SMILES string of the molecule is COc1nc(Cl)ccc1C(C)N. The average Bonchev–Trinajstić information content (AvgIpc) is 2.03. The molecule has 4 heteroatoms. The van der Waals surface area contributed by atoms with Crippen molar-refractivity contribution in [1.82, 2.24) is 4.98 Å². The second kappa shape index (κ2) is 3.74. The number of aromatic nitrogens is 1. The van der Waals surface area contributed by atoms with E-state index < -0.39 is 0 Å². The van der Waals surface area contributed by atoms with Crippen LogP contribution in [0.4, 0.5) is 0 Å². The fourth-order valence-corrected chi connectivity index (χ4v) is 1.08. The molecule has 1 aromatic heterocycles. The highest BCUT2D eigenvalue weighted by atomic mass is 35.5. The van der Waals surface area contributed by atoms with Crippen molar-refractivity contribution in [2.24, 2.45) is 5.73 Å². The van der Waals surface area contributed by atoms with Crippen molar-refractivity contribution in [2.45, 2.75) is 13.0 Å². The molecular weight excluding hydrogens is 176 g/mol. The Morgan fingerprint density at radius 2 is 2.25 bits per heavy atom. The van der Waals surface area contributed by atoms with Crippen LogP contribution in [0.1, 0.15) is 18.5 Å². The van der Waals surface area contributed by atoms with E-state index in [1.54, 1.807) is 13.2 Å². The summed E-state index contributed by atoms with van der Waals surface area (Å²) in [6.45, 7) is 1.87. The van der Waals surface area contributed by atoms with E-state index in [2.05, 4.69) is 4.98 Å². The Morgan fingerprint density at radius 3 is 2.75 bits per heavy atom. The number of methoxy groups -OCH3 is 1. The summed E-state index contributed by atoms with van der Waals surface area (Å²) in [5.74, 6) is 0.498. The predicted octanol–water partition coefficient (Wildman–Crippen LogP) is 1.76. The first-order chi connectivity index (χ1) is 5.65. The van der Waals surface area contributed by atoms with Crippen LogP contribution in [0.15, 0.2) is 12.1 Å².